The van der Waals surface area contributed by atoms with Gasteiger partial charge in [0.15, 0.2) is 0 Å². The normalized spacial score (nSPS) is 18.6. The SMILES string of the molecule is COc1ccc2ncc3c(c2n1)CC(C)CN3. The first-order chi connectivity index (χ1) is 8.28. The van der Waals surface area contributed by atoms with E-state index < -0.39 is 0 Å². The first-order valence-corrected chi connectivity index (χ1v) is 5.84. The van der Waals surface area contributed by atoms with Gasteiger partial charge in [-0.25, -0.2) is 4.98 Å². The van der Waals surface area contributed by atoms with Gasteiger partial charge in [0.25, 0.3) is 0 Å². The number of rotatable bonds is 1. The van der Waals surface area contributed by atoms with Crippen LogP contribution in [0.1, 0.15) is 12.5 Å². The number of fused-ring (bicyclic) bond motifs is 3. The minimum absolute atomic E-state index is 0.626. The molecule has 0 spiro atoms. The average molecular weight is 229 g/mol. The molecule has 0 amide bonds. The van der Waals surface area contributed by atoms with E-state index in [1.165, 1.54) is 5.56 Å². The summed E-state index contributed by atoms with van der Waals surface area (Å²) in [7, 11) is 1.64. The molecule has 3 rings (SSSR count). The predicted octanol–water partition coefficient (Wildman–Crippen LogP) is 2.24. The molecule has 1 unspecified atom stereocenters. The largest absolute Gasteiger partial charge is 0.481 e. The van der Waals surface area contributed by atoms with Gasteiger partial charge in [-0.05, 0) is 18.4 Å². The first-order valence-electron chi connectivity index (χ1n) is 5.84. The molecule has 0 radical (unpaired) electrons. The van der Waals surface area contributed by atoms with Crippen molar-refractivity contribution >= 4 is 16.7 Å². The Morgan fingerprint density at radius 2 is 2.29 bits per heavy atom. The summed E-state index contributed by atoms with van der Waals surface area (Å²) in [5.41, 5.74) is 4.25. The third kappa shape index (κ3) is 1.69. The van der Waals surface area contributed by atoms with Crippen LogP contribution in [0.2, 0.25) is 0 Å². The molecule has 2 aromatic rings. The molecule has 0 saturated carbocycles. The van der Waals surface area contributed by atoms with E-state index in [-0.39, 0.29) is 0 Å². The van der Waals surface area contributed by atoms with E-state index in [4.69, 9.17) is 4.74 Å². The van der Waals surface area contributed by atoms with Gasteiger partial charge in [-0.15, -0.1) is 0 Å². The molecular weight excluding hydrogens is 214 g/mol. The number of pyridine rings is 2. The highest BCUT2D eigenvalue weighted by Crippen LogP contribution is 2.30. The van der Waals surface area contributed by atoms with E-state index in [1.807, 2.05) is 18.3 Å². The molecule has 0 fully saturated rings. The van der Waals surface area contributed by atoms with Crippen LogP contribution < -0.4 is 10.1 Å². The number of methoxy groups -OCH3 is 1. The molecule has 17 heavy (non-hydrogen) atoms. The second-order valence-corrected chi connectivity index (χ2v) is 4.56. The Morgan fingerprint density at radius 1 is 1.41 bits per heavy atom. The third-order valence-electron chi connectivity index (χ3n) is 3.19. The molecule has 88 valence electrons. The van der Waals surface area contributed by atoms with Crippen molar-refractivity contribution in [1.82, 2.24) is 9.97 Å². The molecule has 0 bridgehead atoms. The zero-order valence-corrected chi connectivity index (χ0v) is 10.0. The van der Waals surface area contributed by atoms with Gasteiger partial charge in [0.1, 0.15) is 0 Å². The van der Waals surface area contributed by atoms with Crippen molar-refractivity contribution in [2.75, 3.05) is 19.0 Å². The van der Waals surface area contributed by atoms with Crippen LogP contribution in [0.25, 0.3) is 11.0 Å². The Balaban J connectivity index is 2.24. The van der Waals surface area contributed by atoms with Gasteiger partial charge in [0, 0.05) is 18.2 Å². The number of hydrogen-bond acceptors (Lipinski definition) is 4. The monoisotopic (exact) mass is 229 g/mol. The Morgan fingerprint density at radius 3 is 3.12 bits per heavy atom. The molecule has 2 aromatic heterocycles. The number of hydrogen-bond donors (Lipinski definition) is 1. The van der Waals surface area contributed by atoms with Crippen molar-refractivity contribution < 1.29 is 4.74 Å². The summed E-state index contributed by atoms with van der Waals surface area (Å²) < 4.78 is 5.18. The van der Waals surface area contributed by atoms with E-state index in [2.05, 4.69) is 22.2 Å². The highest BCUT2D eigenvalue weighted by molar-refractivity contribution is 5.83. The number of nitrogens with zero attached hydrogens (tertiary/aromatic N) is 2. The predicted molar refractivity (Wildman–Crippen MR) is 67.4 cm³/mol. The lowest BCUT2D eigenvalue weighted by atomic mass is 9.95. The Labute approximate surface area is 100 Å². The van der Waals surface area contributed by atoms with E-state index in [0.29, 0.717) is 11.8 Å². The first kappa shape index (κ1) is 10.3. The van der Waals surface area contributed by atoms with Crippen molar-refractivity contribution in [3.05, 3.63) is 23.9 Å². The molecule has 0 aromatic carbocycles. The minimum atomic E-state index is 0.626. The van der Waals surface area contributed by atoms with Crippen LogP contribution in [0.4, 0.5) is 5.69 Å². The Kier molecular flexibility index (Phi) is 2.35. The van der Waals surface area contributed by atoms with Crippen LogP contribution in [0.5, 0.6) is 5.88 Å². The Hall–Kier alpha value is -1.84. The van der Waals surface area contributed by atoms with Gasteiger partial charge in [0.05, 0.1) is 30.0 Å². The third-order valence-corrected chi connectivity index (χ3v) is 3.19. The number of nitrogens with one attached hydrogen (secondary N) is 1. The number of ether oxygens (including phenoxy) is 1. The molecule has 1 atom stereocenters. The standard InChI is InChI=1S/C13H15N3O/c1-8-5-9-11(14-6-8)7-15-10-3-4-12(17-2)16-13(9)10/h3-4,7-8,14H,5-6H2,1-2H3. The molecule has 1 aliphatic rings. The molecule has 1 N–H and O–H groups in total. The lowest BCUT2D eigenvalue weighted by Crippen LogP contribution is -2.21. The molecule has 3 heterocycles. The lowest BCUT2D eigenvalue weighted by molar-refractivity contribution is 0.399. The van der Waals surface area contributed by atoms with Gasteiger partial charge >= 0.3 is 0 Å². The molecule has 4 nitrogen and oxygen atoms in total. The van der Waals surface area contributed by atoms with Crippen LogP contribution >= 0.6 is 0 Å². The van der Waals surface area contributed by atoms with Crippen LogP contribution in [0.3, 0.4) is 0 Å². The molecule has 0 aliphatic carbocycles. The highest BCUT2D eigenvalue weighted by atomic mass is 16.5. The summed E-state index contributed by atoms with van der Waals surface area (Å²) in [6, 6.07) is 3.81. The van der Waals surface area contributed by atoms with Crippen LogP contribution in [0, 0.1) is 5.92 Å². The van der Waals surface area contributed by atoms with Crippen LogP contribution in [0.15, 0.2) is 18.3 Å². The Bertz CT molecular complexity index is 563. The van der Waals surface area contributed by atoms with E-state index in [0.717, 1.165) is 29.7 Å². The fourth-order valence-corrected chi connectivity index (χ4v) is 2.28. The van der Waals surface area contributed by atoms with E-state index >= 15 is 0 Å². The fourth-order valence-electron chi connectivity index (χ4n) is 2.28. The number of anilines is 1. The van der Waals surface area contributed by atoms with Crippen molar-refractivity contribution in [2.45, 2.75) is 13.3 Å². The summed E-state index contributed by atoms with van der Waals surface area (Å²) in [5, 5.41) is 3.40. The highest BCUT2D eigenvalue weighted by Gasteiger charge is 2.18. The summed E-state index contributed by atoms with van der Waals surface area (Å²) in [6.45, 7) is 3.24. The van der Waals surface area contributed by atoms with Crippen LogP contribution in [-0.2, 0) is 6.42 Å². The maximum atomic E-state index is 5.18. The molecule has 4 heteroatoms. The van der Waals surface area contributed by atoms with Gasteiger partial charge in [-0.3, -0.25) is 4.98 Å². The summed E-state index contributed by atoms with van der Waals surface area (Å²) >= 11 is 0. The topological polar surface area (TPSA) is 47.0 Å². The van der Waals surface area contributed by atoms with Gasteiger partial charge in [-0.1, -0.05) is 6.92 Å². The molecule has 1 aliphatic heterocycles. The maximum Gasteiger partial charge on any atom is 0.213 e. The zero-order chi connectivity index (χ0) is 11.8. The van der Waals surface area contributed by atoms with Gasteiger partial charge in [-0.2, -0.15) is 0 Å². The zero-order valence-electron chi connectivity index (χ0n) is 10.0. The van der Waals surface area contributed by atoms with E-state index in [1.54, 1.807) is 7.11 Å². The van der Waals surface area contributed by atoms with Crippen molar-refractivity contribution in [3.63, 3.8) is 0 Å². The van der Waals surface area contributed by atoms with Crippen molar-refractivity contribution in [1.29, 1.82) is 0 Å². The lowest BCUT2D eigenvalue weighted by Gasteiger charge is -2.23. The average Bonchev–Trinajstić information content (AvgIpc) is 2.38. The van der Waals surface area contributed by atoms with Gasteiger partial charge < -0.3 is 10.1 Å². The van der Waals surface area contributed by atoms with Crippen molar-refractivity contribution in [2.24, 2.45) is 5.92 Å². The summed E-state index contributed by atoms with van der Waals surface area (Å²) in [4.78, 5) is 8.93. The number of aromatic nitrogens is 2. The minimum Gasteiger partial charge on any atom is -0.481 e. The summed E-state index contributed by atoms with van der Waals surface area (Å²) in [6.07, 6.45) is 2.94. The molecular formula is C13H15N3O. The van der Waals surface area contributed by atoms with E-state index in [9.17, 15) is 0 Å². The maximum absolute atomic E-state index is 5.18. The van der Waals surface area contributed by atoms with Crippen molar-refractivity contribution in [3.8, 4) is 5.88 Å². The second kappa shape index (κ2) is 3.87. The summed E-state index contributed by atoms with van der Waals surface area (Å²) in [5.74, 6) is 1.27. The fraction of sp³-hybridized carbons (Fsp3) is 0.385. The second-order valence-electron chi connectivity index (χ2n) is 4.56. The quantitative estimate of drug-likeness (QED) is 0.814. The smallest absolute Gasteiger partial charge is 0.213 e. The van der Waals surface area contributed by atoms with Gasteiger partial charge in [0.2, 0.25) is 5.88 Å². The van der Waals surface area contributed by atoms with Crippen LogP contribution in [-0.4, -0.2) is 23.6 Å². The molecule has 0 saturated heterocycles.